The van der Waals surface area contributed by atoms with Gasteiger partial charge in [-0.3, -0.25) is 9.59 Å². The Morgan fingerprint density at radius 1 is 0.389 bits per heavy atom. The SMILES string of the molecule is Cc1ccc(C2(c3ccc(C)cc3)c3cc4c(cc3-c3sc5cc(/C=C6\C(=O)c7cc8ccsc8cc7C6=C(C#N)C#N)sc5c32)C(c2ccc(C)cc2)(c2ccc(C)cc2)c2c-4sc3cc(/C=C4\C(=O)c5cc6ccsc6cc5C4=C(C#N)C#N)sc23)cc1. The third-order valence-electron chi connectivity index (χ3n) is 18.7. The van der Waals surface area contributed by atoms with E-state index in [0.29, 0.717) is 44.5 Å². The molecule has 0 N–H and O–H groups in total. The van der Waals surface area contributed by atoms with Gasteiger partial charge in [-0.2, -0.15) is 21.0 Å². The molecular weight excluding hydrogens is 1220 g/mol. The minimum atomic E-state index is -0.829. The van der Waals surface area contributed by atoms with E-state index in [1.165, 1.54) is 32.0 Å². The number of hydrogen-bond donors (Lipinski definition) is 0. The van der Waals surface area contributed by atoms with Crippen molar-refractivity contribution in [3.63, 3.8) is 0 Å². The normalized spacial score (nSPS) is 15.5. The van der Waals surface area contributed by atoms with Crippen molar-refractivity contribution in [1.82, 2.24) is 0 Å². The van der Waals surface area contributed by atoms with Crippen molar-refractivity contribution in [2.75, 3.05) is 0 Å². The van der Waals surface area contributed by atoms with Gasteiger partial charge >= 0.3 is 0 Å². The zero-order valence-corrected chi connectivity index (χ0v) is 53.3. The van der Waals surface area contributed by atoms with E-state index >= 15 is 0 Å². The Kier molecular flexibility index (Phi) is 11.9. The van der Waals surface area contributed by atoms with Crippen molar-refractivity contribution < 1.29 is 9.59 Å². The fraction of sp³-hybridized carbons (Fsp3) is 0.0769. The maximum atomic E-state index is 14.7. The Morgan fingerprint density at radius 2 is 0.733 bits per heavy atom. The quantitative estimate of drug-likeness (QED) is 0.120. The summed E-state index contributed by atoms with van der Waals surface area (Å²) in [5, 5.41) is 47.5. The van der Waals surface area contributed by atoms with Crippen LogP contribution in [0.1, 0.15) is 108 Å². The van der Waals surface area contributed by atoms with Gasteiger partial charge in [0, 0.05) is 82.9 Å². The first kappa shape index (κ1) is 54.2. The number of hydrogen-bond acceptors (Lipinski definition) is 12. The molecule has 12 heteroatoms. The number of Topliss-reactive ketones (excluding diaryl/α,β-unsaturated/α-hetero) is 2. The van der Waals surface area contributed by atoms with E-state index in [0.717, 1.165) is 104 Å². The molecule has 90 heavy (non-hydrogen) atoms. The zero-order chi connectivity index (χ0) is 61.2. The lowest BCUT2D eigenvalue weighted by molar-refractivity contribution is 0.103. The van der Waals surface area contributed by atoms with Gasteiger partial charge in [-0.1, -0.05) is 119 Å². The van der Waals surface area contributed by atoms with Crippen molar-refractivity contribution in [3.05, 3.63) is 290 Å². The van der Waals surface area contributed by atoms with E-state index in [4.69, 9.17) is 0 Å². The average molecular weight is 1260 g/mol. The Morgan fingerprint density at radius 3 is 1.07 bits per heavy atom. The van der Waals surface area contributed by atoms with E-state index in [-0.39, 0.29) is 22.7 Å². The van der Waals surface area contributed by atoms with Gasteiger partial charge in [0.25, 0.3) is 0 Å². The molecule has 0 spiro atoms. The number of benzene rings is 7. The van der Waals surface area contributed by atoms with E-state index in [1.54, 1.807) is 68.0 Å². The van der Waals surface area contributed by atoms with Crippen LogP contribution in [0.5, 0.6) is 0 Å². The molecule has 0 aliphatic heterocycles. The highest BCUT2D eigenvalue weighted by Gasteiger charge is 2.54. The lowest BCUT2D eigenvalue weighted by Crippen LogP contribution is -2.30. The number of allylic oxidation sites excluding steroid dienone is 6. The van der Waals surface area contributed by atoms with Crippen LogP contribution in [0.4, 0.5) is 0 Å². The smallest absolute Gasteiger partial charge is 0.194 e. The lowest BCUT2D eigenvalue weighted by Gasteiger charge is -2.35. The molecule has 0 unspecified atom stereocenters. The minimum absolute atomic E-state index is 0.0893. The molecule has 6 nitrogen and oxygen atoms in total. The molecule has 13 aromatic rings. The van der Waals surface area contributed by atoms with E-state index in [9.17, 15) is 30.6 Å². The van der Waals surface area contributed by atoms with Crippen LogP contribution < -0.4 is 0 Å². The van der Waals surface area contributed by atoms with Gasteiger partial charge in [0.2, 0.25) is 0 Å². The van der Waals surface area contributed by atoms with Gasteiger partial charge in [0.1, 0.15) is 35.4 Å². The molecule has 4 aliphatic rings. The van der Waals surface area contributed by atoms with Gasteiger partial charge in [-0.15, -0.1) is 68.0 Å². The minimum Gasteiger partial charge on any atom is -0.289 e. The number of nitrogens with zero attached hydrogens (tertiary/aromatic N) is 4. The molecular formula is C78H42N4O2S6. The highest BCUT2D eigenvalue weighted by Crippen LogP contribution is 2.68. The van der Waals surface area contributed by atoms with Gasteiger partial charge < -0.3 is 0 Å². The molecule has 7 aromatic carbocycles. The molecule has 0 fully saturated rings. The Balaban J connectivity index is 0.928. The molecule has 0 saturated heterocycles. The second kappa shape index (κ2) is 19.8. The van der Waals surface area contributed by atoms with E-state index in [2.05, 4.69) is 173 Å². The predicted octanol–water partition coefficient (Wildman–Crippen LogP) is 20.8. The molecule has 17 rings (SSSR count). The number of carbonyl (C=O) groups is 2. The first-order valence-corrected chi connectivity index (χ1v) is 34.1. The van der Waals surface area contributed by atoms with Crippen LogP contribution in [0.2, 0.25) is 0 Å². The highest BCUT2D eigenvalue weighted by atomic mass is 32.1. The van der Waals surface area contributed by atoms with Crippen LogP contribution in [0.25, 0.3) is 83.2 Å². The summed E-state index contributed by atoms with van der Waals surface area (Å²) in [6, 6.07) is 65.7. The van der Waals surface area contributed by atoms with Crippen LogP contribution in [0.3, 0.4) is 0 Å². The zero-order valence-electron chi connectivity index (χ0n) is 48.4. The average Bonchev–Trinajstić information content (AvgIpc) is 1.49. The van der Waals surface area contributed by atoms with E-state index < -0.39 is 10.8 Å². The number of carbonyl (C=O) groups excluding carboxylic acids is 2. The van der Waals surface area contributed by atoms with Crippen LogP contribution in [-0.2, 0) is 10.8 Å². The monoisotopic (exact) mass is 1260 g/mol. The standard InChI is InChI=1S/C78H42N4O2S6/c1-39-5-13-47(14-6-39)77(48-15-7-40(2)8-16-48)61-31-58-62(32-57(61)73-69(77)75-65(89-73)29-51(87-75)27-59-67(45(35-79)36-80)53-33-63-43(21-23-85-63)25-55(53)71(59)83)78(49-17-9-41(3)10-18-49,50-19-11-42(4)12-20-50)70-74(58)90-66-30-52(88-76(66)70)28-60-68(46(37-81)38-82)54-34-64-44(22-24-86-64)26-56(54)72(60)84/h5-34H,1-4H3/b59-27-,60-28-. The molecule has 0 amide bonds. The van der Waals surface area contributed by atoms with E-state index in [1.807, 2.05) is 59.3 Å². The van der Waals surface area contributed by atoms with Gasteiger partial charge in [0.05, 0.1) is 20.2 Å². The van der Waals surface area contributed by atoms with Crippen molar-refractivity contribution in [2.45, 2.75) is 38.5 Å². The van der Waals surface area contributed by atoms with Crippen molar-refractivity contribution in [3.8, 4) is 45.2 Å². The number of fused-ring (bicyclic) bond motifs is 14. The summed E-state index contributed by atoms with van der Waals surface area (Å²) >= 11 is 9.97. The number of rotatable bonds is 6. The fourth-order valence-electron chi connectivity index (χ4n) is 14.6. The largest absolute Gasteiger partial charge is 0.289 e. The molecule has 6 heterocycles. The van der Waals surface area contributed by atoms with Crippen molar-refractivity contribution in [2.24, 2.45) is 0 Å². The molecule has 0 atom stereocenters. The summed E-state index contributed by atoms with van der Waals surface area (Å²) in [5.41, 5.74) is 17.9. The molecule has 4 aliphatic carbocycles. The summed E-state index contributed by atoms with van der Waals surface area (Å²) in [6.45, 7) is 8.51. The number of thiophene rings is 6. The van der Waals surface area contributed by atoms with Crippen molar-refractivity contribution >= 4 is 142 Å². The Bertz CT molecular complexity index is 5290. The Labute approximate surface area is 541 Å². The molecule has 0 saturated carbocycles. The first-order valence-electron chi connectivity index (χ1n) is 29.1. The molecule has 422 valence electrons. The second-order valence-corrected chi connectivity index (χ2v) is 29.8. The first-order chi connectivity index (χ1) is 43.8. The van der Waals surface area contributed by atoms with Crippen LogP contribution in [-0.4, -0.2) is 11.6 Å². The third kappa shape index (κ3) is 7.41. The fourth-order valence-corrected chi connectivity index (χ4v) is 21.7. The number of nitriles is 4. The van der Waals surface area contributed by atoms with Gasteiger partial charge in [-0.25, -0.2) is 0 Å². The van der Waals surface area contributed by atoms with Gasteiger partial charge in [-0.05, 0) is 178 Å². The van der Waals surface area contributed by atoms with Crippen LogP contribution in [0.15, 0.2) is 191 Å². The van der Waals surface area contributed by atoms with Crippen molar-refractivity contribution in [1.29, 1.82) is 21.0 Å². The highest BCUT2D eigenvalue weighted by molar-refractivity contribution is 7.31. The topological polar surface area (TPSA) is 129 Å². The maximum absolute atomic E-state index is 14.7. The lowest BCUT2D eigenvalue weighted by atomic mass is 9.65. The number of aryl methyl sites for hydroxylation is 4. The maximum Gasteiger partial charge on any atom is 0.194 e. The Hall–Kier alpha value is -9.96. The molecule has 0 radical (unpaired) electrons. The summed E-state index contributed by atoms with van der Waals surface area (Å²) in [6.07, 6.45) is 3.81. The summed E-state index contributed by atoms with van der Waals surface area (Å²) in [7, 11) is 0. The van der Waals surface area contributed by atoms with Crippen LogP contribution in [0, 0.1) is 73.0 Å². The summed E-state index contributed by atoms with van der Waals surface area (Å²) in [5.74, 6) is -0.405. The van der Waals surface area contributed by atoms with Gasteiger partial charge in [0.15, 0.2) is 11.6 Å². The third-order valence-corrected chi connectivity index (χ3v) is 25.2. The molecule has 0 bridgehead atoms. The summed E-state index contributed by atoms with van der Waals surface area (Å²) < 4.78 is 6.32. The second-order valence-electron chi connectivity index (χ2n) is 23.6. The number of ketones is 2. The predicted molar refractivity (Wildman–Crippen MR) is 371 cm³/mol. The summed E-state index contributed by atoms with van der Waals surface area (Å²) in [4.78, 5) is 33.5. The van der Waals surface area contributed by atoms with Crippen LogP contribution >= 0.6 is 68.0 Å². The molecule has 6 aromatic heterocycles.